The topological polar surface area (TPSA) is 24.7 Å². The highest BCUT2D eigenvalue weighted by Gasteiger charge is 2.46. The summed E-state index contributed by atoms with van der Waals surface area (Å²) in [6.45, 7) is 12.5. The predicted molar refractivity (Wildman–Crippen MR) is 192 cm³/mol. The third kappa shape index (κ3) is 5.47. The summed E-state index contributed by atoms with van der Waals surface area (Å²) in [7, 11) is 0. The van der Waals surface area contributed by atoms with Gasteiger partial charge in [0.05, 0.1) is 11.1 Å². The van der Waals surface area contributed by atoms with Crippen LogP contribution >= 0.6 is 0 Å². The molecule has 0 heterocycles. The minimum absolute atomic E-state index is 0.475. The number of aliphatic imine (C=N–C) groups is 2. The van der Waals surface area contributed by atoms with Gasteiger partial charge < -0.3 is 0 Å². The fourth-order valence-corrected chi connectivity index (χ4v) is 6.38. The van der Waals surface area contributed by atoms with Crippen LogP contribution in [0.2, 0.25) is 0 Å². The lowest BCUT2D eigenvalue weighted by Crippen LogP contribution is -2.29. The maximum atomic E-state index is 4.99. The van der Waals surface area contributed by atoms with Crippen LogP contribution in [0.1, 0.15) is 47.2 Å². The van der Waals surface area contributed by atoms with Gasteiger partial charge in [-0.1, -0.05) is 171 Å². The molecule has 218 valence electrons. The predicted octanol–water partition coefficient (Wildman–Crippen LogP) is 10.6. The molecular weight excluding hydrogens is 544 g/mol. The van der Waals surface area contributed by atoms with Crippen molar-refractivity contribution in [2.45, 2.75) is 19.3 Å². The average molecular weight is 581 g/mol. The van der Waals surface area contributed by atoms with Crippen molar-refractivity contribution in [2.24, 2.45) is 9.98 Å². The highest BCUT2D eigenvalue weighted by molar-refractivity contribution is 6.12. The van der Waals surface area contributed by atoms with Gasteiger partial charge in [0.1, 0.15) is 0 Å². The number of nitrogens with zero attached hydrogens (tertiary/aromatic N) is 2. The first kappa shape index (κ1) is 29.5. The Hall–Kier alpha value is -5.60. The summed E-state index contributed by atoms with van der Waals surface area (Å²) in [4.78, 5) is 9.96. The highest BCUT2D eigenvalue weighted by atomic mass is 14.9. The van der Waals surface area contributed by atoms with Gasteiger partial charge in [0, 0.05) is 11.3 Å². The van der Waals surface area contributed by atoms with E-state index in [-0.39, 0.29) is 0 Å². The van der Waals surface area contributed by atoms with Gasteiger partial charge >= 0.3 is 0 Å². The Bertz CT molecular complexity index is 1930. The van der Waals surface area contributed by atoms with Crippen LogP contribution in [0.4, 0.5) is 0 Å². The maximum Gasteiger partial charge on any atom is 0.160 e. The second-order valence-electron chi connectivity index (χ2n) is 11.1. The van der Waals surface area contributed by atoms with E-state index in [1.807, 2.05) is 67.6 Å². The van der Waals surface area contributed by atoms with Crippen LogP contribution in [0.25, 0.3) is 16.8 Å². The maximum absolute atomic E-state index is 4.99. The van der Waals surface area contributed by atoms with Gasteiger partial charge in [-0.05, 0) is 58.4 Å². The summed E-state index contributed by atoms with van der Waals surface area (Å²) in [6, 6.07) is 46.5. The standard InChI is InChI=1S/C43H36N2/c1-5-7-22-36(6-2)43(40-25-16-14-23-38(40)39-24-15-17-26-41(39)43)37-29-27-34(28-30-37)32(4)45-42(35-20-12-9-13-21-35)44-31(3)33-18-10-8-11-19-33/h5-30H,1,4H2,2-3H3/b22-7-,36-6+,44-31?,45-42?. The van der Waals surface area contributed by atoms with Gasteiger partial charge in [0.2, 0.25) is 0 Å². The number of allylic oxidation sites excluding steroid dienone is 5. The Kier molecular flexibility index (Phi) is 8.48. The van der Waals surface area contributed by atoms with Crippen LogP contribution in [0.3, 0.4) is 0 Å². The van der Waals surface area contributed by atoms with Gasteiger partial charge in [0.15, 0.2) is 5.84 Å². The van der Waals surface area contributed by atoms with Gasteiger partial charge in [-0.25, -0.2) is 9.98 Å². The van der Waals surface area contributed by atoms with E-state index in [0.29, 0.717) is 11.5 Å². The lowest BCUT2D eigenvalue weighted by Gasteiger charge is -2.34. The third-order valence-corrected chi connectivity index (χ3v) is 8.50. The van der Waals surface area contributed by atoms with E-state index < -0.39 is 5.41 Å². The summed E-state index contributed by atoms with van der Waals surface area (Å²) in [6.07, 6.45) is 8.26. The normalized spacial score (nSPS) is 14.2. The van der Waals surface area contributed by atoms with Crippen molar-refractivity contribution in [3.8, 4) is 11.1 Å². The zero-order valence-electron chi connectivity index (χ0n) is 25.8. The number of hydrogen-bond donors (Lipinski definition) is 0. The Balaban J connectivity index is 1.46. The molecule has 0 radical (unpaired) electrons. The van der Waals surface area contributed by atoms with Gasteiger partial charge in [-0.3, -0.25) is 0 Å². The highest BCUT2D eigenvalue weighted by Crippen LogP contribution is 2.56. The smallest absolute Gasteiger partial charge is 0.160 e. The van der Waals surface area contributed by atoms with E-state index in [1.165, 1.54) is 33.4 Å². The van der Waals surface area contributed by atoms with Crippen LogP contribution in [0.15, 0.2) is 186 Å². The quantitative estimate of drug-likeness (QED) is 0.0991. The molecule has 6 rings (SSSR count). The van der Waals surface area contributed by atoms with Gasteiger partial charge in [0.25, 0.3) is 0 Å². The summed E-state index contributed by atoms with van der Waals surface area (Å²) < 4.78 is 0. The first-order valence-corrected chi connectivity index (χ1v) is 15.3. The molecule has 45 heavy (non-hydrogen) atoms. The number of amidine groups is 1. The molecule has 0 N–H and O–H groups in total. The van der Waals surface area contributed by atoms with Crippen LogP contribution in [0, 0.1) is 0 Å². The van der Waals surface area contributed by atoms with E-state index in [1.54, 1.807) is 0 Å². The van der Waals surface area contributed by atoms with Crippen molar-refractivity contribution < 1.29 is 0 Å². The molecule has 5 aromatic carbocycles. The second-order valence-corrected chi connectivity index (χ2v) is 11.1. The SMILES string of the molecule is C=C/C=C\C(=C/C)C1(c2ccc(C(=C)N=C(N=C(C)c3ccccc3)c3ccccc3)cc2)c2ccccc2-c2ccccc21. The molecule has 2 nitrogen and oxygen atoms in total. The minimum atomic E-state index is -0.475. The lowest BCUT2D eigenvalue weighted by molar-refractivity contribution is 0.765. The molecule has 0 amide bonds. The third-order valence-electron chi connectivity index (χ3n) is 8.50. The summed E-state index contributed by atoms with van der Waals surface area (Å²) in [5.74, 6) is 0.631. The molecule has 0 unspecified atom stereocenters. The molecule has 0 fully saturated rings. The molecule has 0 atom stereocenters. The molecule has 0 bridgehead atoms. The van der Waals surface area contributed by atoms with Gasteiger partial charge in [-0.2, -0.15) is 0 Å². The van der Waals surface area contributed by atoms with Crippen molar-refractivity contribution in [3.05, 3.63) is 210 Å². The Labute approximate surface area is 266 Å². The Morgan fingerprint density at radius 3 is 1.71 bits per heavy atom. The largest absolute Gasteiger partial charge is 0.233 e. The van der Waals surface area contributed by atoms with Crippen molar-refractivity contribution >= 4 is 17.2 Å². The lowest BCUT2D eigenvalue weighted by atomic mass is 9.67. The molecule has 1 aliphatic carbocycles. The summed E-state index contributed by atoms with van der Waals surface area (Å²) >= 11 is 0. The van der Waals surface area contributed by atoms with Crippen LogP contribution in [0.5, 0.6) is 0 Å². The van der Waals surface area contributed by atoms with Crippen molar-refractivity contribution in [1.29, 1.82) is 0 Å². The van der Waals surface area contributed by atoms with E-state index in [0.717, 1.165) is 22.4 Å². The Morgan fingerprint density at radius 1 is 0.622 bits per heavy atom. The molecule has 0 saturated heterocycles. The van der Waals surface area contributed by atoms with Crippen LogP contribution < -0.4 is 0 Å². The fourth-order valence-electron chi connectivity index (χ4n) is 6.38. The van der Waals surface area contributed by atoms with E-state index >= 15 is 0 Å². The van der Waals surface area contributed by atoms with Crippen molar-refractivity contribution in [3.63, 3.8) is 0 Å². The molecule has 5 aromatic rings. The van der Waals surface area contributed by atoms with Crippen molar-refractivity contribution in [2.75, 3.05) is 0 Å². The molecule has 0 spiro atoms. The van der Waals surface area contributed by atoms with E-state index in [9.17, 15) is 0 Å². The average Bonchev–Trinajstić information content (AvgIpc) is 3.40. The number of fused-ring (bicyclic) bond motifs is 3. The summed E-state index contributed by atoms with van der Waals surface area (Å²) in [5, 5.41) is 0. The van der Waals surface area contributed by atoms with Gasteiger partial charge in [-0.15, -0.1) is 0 Å². The molecule has 0 aromatic heterocycles. The first-order chi connectivity index (χ1) is 22.1. The second kappa shape index (κ2) is 13.0. The van der Waals surface area contributed by atoms with Crippen molar-refractivity contribution in [1.82, 2.24) is 0 Å². The van der Waals surface area contributed by atoms with Crippen LogP contribution in [-0.4, -0.2) is 11.5 Å². The Morgan fingerprint density at radius 2 is 1.16 bits per heavy atom. The number of rotatable bonds is 8. The number of benzene rings is 5. The molecule has 0 saturated carbocycles. The molecule has 0 aliphatic heterocycles. The van der Waals surface area contributed by atoms with Crippen LogP contribution in [-0.2, 0) is 5.41 Å². The number of hydrogen-bond acceptors (Lipinski definition) is 1. The zero-order chi connectivity index (χ0) is 31.2. The fraction of sp³-hybridized carbons (Fsp3) is 0.0698. The minimum Gasteiger partial charge on any atom is -0.233 e. The zero-order valence-corrected chi connectivity index (χ0v) is 25.8. The van der Waals surface area contributed by atoms with E-state index in [4.69, 9.17) is 9.98 Å². The summed E-state index contributed by atoms with van der Waals surface area (Å²) in [5.41, 5.74) is 11.5. The monoisotopic (exact) mass is 580 g/mol. The van der Waals surface area contributed by atoms with E-state index in [2.05, 4.69) is 117 Å². The first-order valence-electron chi connectivity index (χ1n) is 15.3. The molecular formula is C43H36N2. The molecule has 2 heteroatoms. The molecule has 1 aliphatic rings.